The zero-order valence-electron chi connectivity index (χ0n) is 10.4. The maximum atomic E-state index is 13.8. The number of rotatable bonds is 3. The molecule has 0 spiro atoms. The van der Waals surface area contributed by atoms with Gasteiger partial charge in [0.1, 0.15) is 11.6 Å². The van der Waals surface area contributed by atoms with Crippen LogP contribution in [0.2, 0.25) is 0 Å². The molecule has 0 radical (unpaired) electrons. The molecule has 4 heteroatoms. The Bertz CT molecular complexity index is 615. The lowest BCUT2D eigenvalue weighted by Crippen LogP contribution is -2.17. The van der Waals surface area contributed by atoms with Crippen LogP contribution in [0, 0.1) is 23.0 Å². The predicted molar refractivity (Wildman–Crippen MR) is 69.6 cm³/mol. The molecule has 2 rings (SSSR count). The van der Waals surface area contributed by atoms with Gasteiger partial charge in [-0.05, 0) is 35.9 Å². The Labute approximate surface area is 110 Å². The van der Waals surface area contributed by atoms with Crippen LogP contribution in [0.25, 0.3) is 0 Å². The first-order valence-corrected chi connectivity index (χ1v) is 5.75. The lowest BCUT2D eigenvalue weighted by Gasteiger charge is -2.20. The summed E-state index contributed by atoms with van der Waals surface area (Å²) < 4.78 is 26.6. The molecule has 0 aliphatic carbocycles. The van der Waals surface area contributed by atoms with Crippen molar-refractivity contribution >= 4 is 5.69 Å². The Morgan fingerprint density at radius 1 is 1.11 bits per heavy atom. The van der Waals surface area contributed by atoms with E-state index in [4.69, 9.17) is 5.26 Å². The summed E-state index contributed by atoms with van der Waals surface area (Å²) in [5.74, 6) is -0.736. The number of nitrogens with zero attached hydrogens (tertiary/aromatic N) is 2. The molecule has 2 aromatic carbocycles. The smallest absolute Gasteiger partial charge is 0.147 e. The summed E-state index contributed by atoms with van der Waals surface area (Å²) in [4.78, 5) is 1.71. The van der Waals surface area contributed by atoms with Crippen molar-refractivity contribution in [1.82, 2.24) is 0 Å². The molecule has 96 valence electrons. The van der Waals surface area contributed by atoms with Crippen LogP contribution in [-0.4, -0.2) is 7.05 Å². The van der Waals surface area contributed by atoms with Crippen molar-refractivity contribution in [2.75, 3.05) is 11.9 Å². The third-order valence-corrected chi connectivity index (χ3v) is 2.82. The van der Waals surface area contributed by atoms with Crippen LogP contribution in [0.5, 0.6) is 0 Å². The van der Waals surface area contributed by atoms with E-state index in [1.807, 2.05) is 6.07 Å². The normalized spacial score (nSPS) is 10.0. The topological polar surface area (TPSA) is 27.0 Å². The fraction of sp³-hybridized carbons (Fsp3) is 0.133. The highest BCUT2D eigenvalue weighted by Crippen LogP contribution is 2.21. The number of halogens is 2. The standard InChI is InChI=1S/C15H12F2N2/c1-19(10-11-2-5-13(16)6-3-11)15-7-4-12(9-18)8-14(15)17/h2-8H,10H2,1H3. The molecule has 0 atom stereocenters. The minimum Gasteiger partial charge on any atom is -0.368 e. The van der Waals surface area contributed by atoms with E-state index >= 15 is 0 Å². The molecule has 0 saturated carbocycles. The second-order valence-corrected chi connectivity index (χ2v) is 4.26. The summed E-state index contributed by atoms with van der Waals surface area (Å²) in [6, 6.07) is 12.3. The largest absolute Gasteiger partial charge is 0.368 e. The molecule has 0 unspecified atom stereocenters. The average Bonchev–Trinajstić information content (AvgIpc) is 2.41. The van der Waals surface area contributed by atoms with E-state index in [9.17, 15) is 8.78 Å². The Morgan fingerprint density at radius 3 is 2.37 bits per heavy atom. The summed E-state index contributed by atoms with van der Waals surface area (Å²) >= 11 is 0. The van der Waals surface area contributed by atoms with Crippen molar-refractivity contribution in [3.63, 3.8) is 0 Å². The molecule has 0 fully saturated rings. The van der Waals surface area contributed by atoms with Gasteiger partial charge in [-0.15, -0.1) is 0 Å². The molecule has 19 heavy (non-hydrogen) atoms. The number of benzene rings is 2. The van der Waals surface area contributed by atoms with E-state index in [2.05, 4.69) is 0 Å². The monoisotopic (exact) mass is 258 g/mol. The number of anilines is 1. The highest BCUT2D eigenvalue weighted by atomic mass is 19.1. The molecular weight excluding hydrogens is 246 g/mol. The highest BCUT2D eigenvalue weighted by Gasteiger charge is 2.09. The first kappa shape index (κ1) is 13.0. The molecule has 0 bridgehead atoms. The third kappa shape index (κ3) is 3.08. The van der Waals surface area contributed by atoms with Gasteiger partial charge in [0.15, 0.2) is 0 Å². The Kier molecular flexibility index (Phi) is 3.76. The molecule has 0 amide bonds. The molecule has 0 N–H and O–H groups in total. The molecule has 0 aromatic heterocycles. The van der Waals surface area contributed by atoms with Crippen LogP contribution in [-0.2, 0) is 6.54 Å². The van der Waals surface area contributed by atoms with Crippen molar-refractivity contribution in [2.45, 2.75) is 6.54 Å². The molecule has 0 heterocycles. The van der Waals surface area contributed by atoms with Crippen LogP contribution in [0.15, 0.2) is 42.5 Å². The van der Waals surface area contributed by atoms with Crippen molar-refractivity contribution in [2.24, 2.45) is 0 Å². The Balaban J connectivity index is 2.18. The summed E-state index contributed by atoms with van der Waals surface area (Å²) in [7, 11) is 1.74. The maximum absolute atomic E-state index is 13.8. The van der Waals surface area contributed by atoms with Gasteiger partial charge in [0.05, 0.1) is 17.3 Å². The van der Waals surface area contributed by atoms with Crippen LogP contribution >= 0.6 is 0 Å². The second-order valence-electron chi connectivity index (χ2n) is 4.26. The fourth-order valence-electron chi connectivity index (χ4n) is 1.83. The Hall–Kier alpha value is -2.41. The van der Waals surface area contributed by atoms with Gasteiger partial charge >= 0.3 is 0 Å². The van der Waals surface area contributed by atoms with Gasteiger partial charge in [0, 0.05) is 13.6 Å². The summed E-state index contributed by atoms with van der Waals surface area (Å²) in [5.41, 5.74) is 1.58. The Morgan fingerprint density at radius 2 is 1.79 bits per heavy atom. The summed E-state index contributed by atoms with van der Waals surface area (Å²) in [6.07, 6.45) is 0. The van der Waals surface area contributed by atoms with Gasteiger partial charge in [-0.25, -0.2) is 8.78 Å². The van der Waals surface area contributed by atoms with E-state index < -0.39 is 5.82 Å². The highest BCUT2D eigenvalue weighted by molar-refractivity contribution is 5.51. The minimum absolute atomic E-state index is 0.288. The molecule has 0 aliphatic rings. The summed E-state index contributed by atoms with van der Waals surface area (Å²) in [5, 5.41) is 8.69. The van der Waals surface area contributed by atoms with E-state index in [-0.39, 0.29) is 11.4 Å². The van der Waals surface area contributed by atoms with Crippen LogP contribution in [0.3, 0.4) is 0 Å². The van der Waals surface area contributed by atoms with E-state index in [0.29, 0.717) is 12.2 Å². The zero-order chi connectivity index (χ0) is 13.8. The van der Waals surface area contributed by atoms with Gasteiger partial charge in [-0.1, -0.05) is 12.1 Å². The first-order chi connectivity index (χ1) is 9.10. The van der Waals surface area contributed by atoms with Crippen molar-refractivity contribution in [3.8, 4) is 6.07 Å². The van der Waals surface area contributed by atoms with Gasteiger partial charge < -0.3 is 4.90 Å². The van der Waals surface area contributed by atoms with Gasteiger partial charge in [-0.3, -0.25) is 0 Å². The molecule has 2 aromatic rings. The molecular formula is C15H12F2N2. The van der Waals surface area contributed by atoms with Gasteiger partial charge in [-0.2, -0.15) is 5.26 Å². The first-order valence-electron chi connectivity index (χ1n) is 5.75. The van der Waals surface area contributed by atoms with E-state index in [1.54, 1.807) is 36.2 Å². The number of hydrogen-bond acceptors (Lipinski definition) is 2. The van der Waals surface area contributed by atoms with Crippen LogP contribution in [0.1, 0.15) is 11.1 Å². The zero-order valence-corrected chi connectivity index (χ0v) is 10.4. The SMILES string of the molecule is CN(Cc1ccc(F)cc1)c1ccc(C#N)cc1F. The van der Waals surface area contributed by atoms with E-state index in [1.165, 1.54) is 18.2 Å². The van der Waals surface area contributed by atoms with Crippen LogP contribution < -0.4 is 4.90 Å². The lowest BCUT2D eigenvalue weighted by atomic mass is 10.1. The fourth-order valence-corrected chi connectivity index (χ4v) is 1.83. The maximum Gasteiger partial charge on any atom is 0.147 e. The van der Waals surface area contributed by atoms with Crippen LogP contribution in [0.4, 0.5) is 14.5 Å². The quantitative estimate of drug-likeness (QED) is 0.842. The van der Waals surface area contributed by atoms with Gasteiger partial charge in [0.2, 0.25) is 0 Å². The number of nitriles is 1. The van der Waals surface area contributed by atoms with Crippen molar-refractivity contribution in [3.05, 3.63) is 65.2 Å². The average molecular weight is 258 g/mol. The lowest BCUT2D eigenvalue weighted by molar-refractivity contribution is 0.620. The predicted octanol–water partition coefficient (Wildman–Crippen LogP) is 3.47. The third-order valence-electron chi connectivity index (χ3n) is 2.82. The minimum atomic E-state index is -0.441. The van der Waals surface area contributed by atoms with Gasteiger partial charge in [0.25, 0.3) is 0 Å². The number of hydrogen-bond donors (Lipinski definition) is 0. The van der Waals surface area contributed by atoms with E-state index in [0.717, 1.165) is 5.56 Å². The van der Waals surface area contributed by atoms with Crippen molar-refractivity contribution in [1.29, 1.82) is 5.26 Å². The van der Waals surface area contributed by atoms with Crippen molar-refractivity contribution < 1.29 is 8.78 Å². The molecule has 0 aliphatic heterocycles. The second kappa shape index (κ2) is 5.49. The summed E-state index contributed by atoms with van der Waals surface area (Å²) in [6.45, 7) is 0.461. The molecule has 0 saturated heterocycles. The molecule has 2 nitrogen and oxygen atoms in total.